The van der Waals surface area contributed by atoms with Gasteiger partial charge in [-0.25, -0.2) is 0 Å². The number of nitrogens with zero attached hydrogens (tertiary/aromatic N) is 3. The Balaban J connectivity index is 1.71. The third-order valence-corrected chi connectivity index (χ3v) is 4.48. The van der Waals surface area contributed by atoms with Crippen LogP contribution in [0.4, 0.5) is 0 Å². The van der Waals surface area contributed by atoms with Gasteiger partial charge in [0.25, 0.3) is 0 Å². The molecular formula is C14H23N3O2S. The van der Waals surface area contributed by atoms with Crippen molar-refractivity contribution in [2.75, 3.05) is 18.8 Å². The van der Waals surface area contributed by atoms with Crippen LogP contribution >= 0.6 is 11.8 Å². The largest absolute Gasteiger partial charge is 0.342 e. The molecule has 1 amide bonds. The maximum atomic E-state index is 12.0. The first-order valence-corrected chi connectivity index (χ1v) is 8.39. The lowest BCUT2D eigenvalue weighted by Gasteiger charge is -2.30. The van der Waals surface area contributed by atoms with Gasteiger partial charge in [-0.3, -0.25) is 4.79 Å². The Bertz CT molecular complexity index is 439. The second kappa shape index (κ2) is 7.11. The first-order valence-electron chi connectivity index (χ1n) is 7.24. The molecule has 5 nitrogen and oxygen atoms in total. The fourth-order valence-corrected chi connectivity index (χ4v) is 2.90. The molecule has 1 aliphatic rings. The van der Waals surface area contributed by atoms with Crippen molar-refractivity contribution >= 4 is 17.7 Å². The Kier molecular flexibility index (Phi) is 5.46. The molecule has 20 heavy (non-hydrogen) atoms. The van der Waals surface area contributed by atoms with Gasteiger partial charge in [0, 0.05) is 19.0 Å². The fourth-order valence-electron chi connectivity index (χ4n) is 2.14. The molecule has 0 radical (unpaired) electrons. The van der Waals surface area contributed by atoms with Crippen LogP contribution in [0.5, 0.6) is 0 Å². The van der Waals surface area contributed by atoms with E-state index in [4.69, 9.17) is 4.52 Å². The molecule has 0 aliphatic carbocycles. The van der Waals surface area contributed by atoms with Gasteiger partial charge in [0.05, 0.1) is 11.5 Å². The van der Waals surface area contributed by atoms with E-state index in [0.29, 0.717) is 23.2 Å². The van der Waals surface area contributed by atoms with E-state index in [-0.39, 0.29) is 11.8 Å². The Morgan fingerprint density at radius 3 is 2.75 bits per heavy atom. The smallest absolute Gasteiger partial charge is 0.232 e. The molecule has 0 atom stereocenters. The van der Waals surface area contributed by atoms with Crippen molar-refractivity contribution < 1.29 is 9.32 Å². The molecule has 6 heteroatoms. The number of carbonyl (C=O) groups is 1. The number of amides is 1. The maximum absolute atomic E-state index is 12.0. The highest BCUT2D eigenvalue weighted by Gasteiger charge is 2.20. The van der Waals surface area contributed by atoms with Crippen molar-refractivity contribution in [1.82, 2.24) is 15.0 Å². The monoisotopic (exact) mass is 297 g/mol. The van der Waals surface area contributed by atoms with Gasteiger partial charge in [-0.2, -0.15) is 4.98 Å². The molecule has 1 aromatic rings. The van der Waals surface area contributed by atoms with Gasteiger partial charge in [-0.15, -0.1) is 11.8 Å². The summed E-state index contributed by atoms with van der Waals surface area (Å²) in [6.45, 7) is 8.09. The summed E-state index contributed by atoms with van der Waals surface area (Å²) < 4.78 is 5.14. The van der Waals surface area contributed by atoms with E-state index < -0.39 is 0 Å². The van der Waals surface area contributed by atoms with E-state index in [1.807, 2.05) is 18.7 Å². The first-order chi connectivity index (χ1) is 9.56. The third-order valence-electron chi connectivity index (χ3n) is 3.57. The molecule has 1 fully saturated rings. The van der Waals surface area contributed by atoms with Crippen molar-refractivity contribution in [2.24, 2.45) is 5.92 Å². The Morgan fingerprint density at radius 2 is 2.15 bits per heavy atom. The number of hydrogen-bond acceptors (Lipinski definition) is 5. The SMILES string of the molecule is CC1CCN(C(=O)CSCc2noc(C(C)C)n2)CC1. The molecule has 0 N–H and O–H groups in total. The van der Waals surface area contributed by atoms with Gasteiger partial charge >= 0.3 is 0 Å². The summed E-state index contributed by atoms with van der Waals surface area (Å²) in [5, 5.41) is 3.92. The Hall–Kier alpha value is -1.04. The quantitative estimate of drug-likeness (QED) is 0.836. The molecule has 0 saturated carbocycles. The Morgan fingerprint density at radius 1 is 1.45 bits per heavy atom. The zero-order valence-corrected chi connectivity index (χ0v) is 13.3. The molecular weight excluding hydrogens is 274 g/mol. The van der Waals surface area contributed by atoms with Gasteiger partial charge in [0.2, 0.25) is 11.8 Å². The first kappa shape index (κ1) is 15.4. The molecule has 0 aromatic carbocycles. The van der Waals surface area contributed by atoms with Crippen LogP contribution in [-0.4, -0.2) is 39.8 Å². The normalized spacial score (nSPS) is 16.9. The van der Waals surface area contributed by atoms with Gasteiger partial charge < -0.3 is 9.42 Å². The number of piperidine rings is 1. The molecule has 2 rings (SSSR count). The number of rotatable bonds is 5. The molecule has 1 aromatic heterocycles. The van der Waals surface area contributed by atoms with E-state index >= 15 is 0 Å². The van der Waals surface area contributed by atoms with Crippen LogP contribution in [0.1, 0.15) is 51.2 Å². The van der Waals surface area contributed by atoms with Crippen LogP contribution in [0.25, 0.3) is 0 Å². The van der Waals surface area contributed by atoms with Crippen molar-refractivity contribution in [1.29, 1.82) is 0 Å². The number of likely N-dealkylation sites (tertiary alicyclic amines) is 1. The highest BCUT2D eigenvalue weighted by atomic mass is 32.2. The van der Waals surface area contributed by atoms with Crippen LogP contribution in [0.15, 0.2) is 4.52 Å². The molecule has 0 bridgehead atoms. The van der Waals surface area contributed by atoms with E-state index in [1.54, 1.807) is 11.8 Å². The summed E-state index contributed by atoms with van der Waals surface area (Å²) in [6, 6.07) is 0. The fraction of sp³-hybridized carbons (Fsp3) is 0.786. The predicted molar refractivity (Wildman–Crippen MR) is 79.5 cm³/mol. The average Bonchev–Trinajstić information content (AvgIpc) is 2.88. The van der Waals surface area contributed by atoms with Crippen LogP contribution in [0.2, 0.25) is 0 Å². The van der Waals surface area contributed by atoms with Crippen LogP contribution in [0.3, 0.4) is 0 Å². The van der Waals surface area contributed by atoms with Crippen LogP contribution in [0, 0.1) is 5.92 Å². The lowest BCUT2D eigenvalue weighted by atomic mass is 9.99. The molecule has 1 saturated heterocycles. The maximum Gasteiger partial charge on any atom is 0.232 e. The summed E-state index contributed by atoms with van der Waals surface area (Å²) in [4.78, 5) is 18.3. The van der Waals surface area contributed by atoms with Crippen LogP contribution in [-0.2, 0) is 10.5 Å². The minimum atomic E-state index is 0.231. The van der Waals surface area contributed by atoms with E-state index in [2.05, 4.69) is 17.1 Å². The van der Waals surface area contributed by atoms with Crippen molar-refractivity contribution in [3.63, 3.8) is 0 Å². The number of hydrogen-bond donors (Lipinski definition) is 0. The topological polar surface area (TPSA) is 59.2 Å². The van der Waals surface area contributed by atoms with Gasteiger partial charge in [-0.05, 0) is 18.8 Å². The molecule has 0 unspecified atom stereocenters. The van der Waals surface area contributed by atoms with Crippen molar-refractivity contribution in [3.8, 4) is 0 Å². The predicted octanol–water partition coefficient (Wildman–Crippen LogP) is 2.68. The average molecular weight is 297 g/mol. The molecule has 112 valence electrons. The third kappa shape index (κ3) is 4.23. The lowest BCUT2D eigenvalue weighted by Crippen LogP contribution is -2.38. The highest BCUT2D eigenvalue weighted by molar-refractivity contribution is 7.99. The van der Waals surface area contributed by atoms with E-state index in [9.17, 15) is 4.79 Å². The summed E-state index contributed by atoms with van der Waals surface area (Å²) in [7, 11) is 0. The summed E-state index contributed by atoms with van der Waals surface area (Å²) >= 11 is 1.56. The number of carbonyl (C=O) groups excluding carboxylic acids is 1. The van der Waals surface area contributed by atoms with E-state index in [0.717, 1.165) is 31.8 Å². The van der Waals surface area contributed by atoms with Crippen molar-refractivity contribution in [2.45, 2.75) is 45.3 Å². The molecule has 2 heterocycles. The van der Waals surface area contributed by atoms with E-state index in [1.165, 1.54) is 0 Å². The standard InChI is InChI=1S/C14H23N3O2S/c1-10(2)14-15-12(16-19-14)8-20-9-13(18)17-6-4-11(3)5-7-17/h10-11H,4-9H2,1-3H3. The molecule has 1 aliphatic heterocycles. The number of thioether (sulfide) groups is 1. The molecule has 0 spiro atoms. The minimum Gasteiger partial charge on any atom is -0.342 e. The summed E-state index contributed by atoms with van der Waals surface area (Å²) in [5.74, 6) is 3.70. The second-order valence-electron chi connectivity index (χ2n) is 5.76. The van der Waals surface area contributed by atoms with Gasteiger partial charge in [-0.1, -0.05) is 25.9 Å². The summed E-state index contributed by atoms with van der Waals surface area (Å²) in [6.07, 6.45) is 2.25. The Labute approximate surface area is 124 Å². The number of aromatic nitrogens is 2. The second-order valence-corrected chi connectivity index (χ2v) is 6.75. The minimum absolute atomic E-state index is 0.231. The summed E-state index contributed by atoms with van der Waals surface area (Å²) in [5.41, 5.74) is 0. The van der Waals surface area contributed by atoms with Crippen LogP contribution < -0.4 is 0 Å². The van der Waals surface area contributed by atoms with Gasteiger partial charge in [0.15, 0.2) is 5.82 Å². The van der Waals surface area contributed by atoms with Gasteiger partial charge in [0.1, 0.15) is 0 Å². The zero-order chi connectivity index (χ0) is 14.5. The highest BCUT2D eigenvalue weighted by Crippen LogP contribution is 2.18. The zero-order valence-electron chi connectivity index (χ0n) is 12.5. The lowest BCUT2D eigenvalue weighted by molar-refractivity contribution is -0.129. The van der Waals surface area contributed by atoms with Crippen molar-refractivity contribution in [3.05, 3.63) is 11.7 Å².